The molecule has 24 heavy (non-hydrogen) atoms. The molecule has 2 amide bonds. The molecule has 2 rings (SSSR count). The average molecular weight is 335 g/mol. The first-order chi connectivity index (χ1) is 11.5. The molecule has 1 aromatic heterocycles. The fourth-order valence-electron chi connectivity index (χ4n) is 3.31. The van der Waals surface area contributed by atoms with E-state index in [1.165, 1.54) is 0 Å². The lowest BCUT2D eigenvalue weighted by atomic mass is 9.96. The summed E-state index contributed by atoms with van der Waals surface area (Å²) < 4.78 is 1.90. The molecule has 0 spiro atoms. The van der Waals surface area contributed by atoms with Gasteiger partial charge in [-0.05, 0) is 33.1 Å². The van der Waals surface area contributed by atoms with Crippen molar-refractivity contribution in [3.63, 3.8) is 0 Å². The SMILES string of the molecule is CCCn1nc(C)c(C(=O)N2CCCC(C(=O)NCCN)C2)c1C. The van der Waals surface area contributed by atoms with Crippen LogP contribution in [0, 0.1) is 19.8 Å². The van der Waals surface area contributed by atoms with Crippen LogP contribution >= 0.6 is 0 Å². The first kappa shape index (κ1) is 18.4. The van der Waals surface area contributed by atoms with Gasteiger partial charge in [-0.1, -0.05) is 6.92 Å². The molecule has 1 unspecified atom stereocenters. The minimum atomic E-state index is -0.152. The van der Waals surface area contributed by atoms with Gasteiger partial charge in [0.25, 0.3) is 5.91 Å². The third-order valence-corrected chi connectivity index (χ3v) is 4.55. The van der Waals surface area contributed by atoms with Crippen LogP contribution in [0.1, 0.15) is 47.9 Å². The molecule has 1 saturated heterocycles. The second kappa shape index (κ2) is 8.28. The summed E-state index contributed by atoms with van der Waals surface area (Å²) in [5.74, 6) is -0.169. The molecule has 3 N–H and O–H groups in total. The molecule has 0 aromatic carbocycles. The number of nitrogens with two attached hydrogens (primary N) is 1. The molecule has 2 heterocycles. The molecule has 7 nitrogen and oxygen atoms in total. The van der Waals surface area contributed by atoms with Crippen LogP contribution in [0.3, 0.4) is 0 Å². The number of likely N-dealkylation sites (tertiary alicyclic amines) is 1. The van der Waals surface area contributed by atoms with Crippen molar-refractivity contribution in [1.82, 2.24) is 20.0 Å². The van der Waals surface area contributed by atoms with E-state index >= 15 is 0 Å². The maximum Gasteiger partial charge on any atom is 0.257 e. The minimum absolute atomic E-state index is 0.00641. The van der Waals surface area contributed by atoms with Crippen molar-refractivity contribution in [1.29, 1.82) is 0 Å². The molecule has 134 valence electrons. The number of aromatic nitrogens is 2. The summed E-state index contributed by atoms with van der Waals surface area (Å²) in [6, 6.07) is 0. The highest BCUT2D eigenvalue weighted by molar-refractivity contribution is 5.96. The van der Waals surface area contributed by atoms with Crippen LogP contribution < -0.4 is 11.1 Å². The van der Waals surface area contributed by atoms with Gasteiger partial charge >= 0.3 is 0 Å². The van der Waals surface area contributed by atoms with E-state index in [-0.39, 0.29) is 17.7 Å². The van der Waals surface area contributed by atoms with Gasteiger partial charge in [0.1, 0.15) is 0 Å². The smallest absolute Gasteiger partial charge is 0.257 e. The highest BCUT2D eigenvalue weighted by atomic mass is 16.2. The van der Waals surface area contributed by atoms with Gasteiger partial charge in [-0.3, -0.25) is 14.3 Å². The second-order valence-electron chi connectivity index (χ2n) is 6.44. The lowest BCUT2D eigenvalue weighted by molar-refractivity contribution is -0.126. The summed E-state index contributed by atoms with van der Waals surface area (Å²) in [5.41, 5.74) is 7.79. The predicted molar refractivity (Wildman–Crippen MR) is 92.7 cm³/mol. The largest absolute Gasteiger partial charge is 0.355 e. The number of hydrogen-bond donors (Lipinski definition) is 2. The summed E-state index contributed by atoms with van der Waals surface area (Å²) in [4.78, 5) is 26.9. The van der Waals surface area contributed by atoms with Crippen molar-refractivity contribution in [3.05, 3.63) is 17.0 Å². The van der Waals surface area contributed by atoms with Crippen LogP contribution in [0.15, 0.2) is 0 Å². The zero-order valence-electron chi connectivity index (χ0n) is 15.0. The van der Waals surface area contributed by atoms with Gasteiger partial charge in [0, 0.05) is 38.4 Å². The number of carbonyl (C=O) groups is 2. The molecule has 1 atom stereocenters. The van der Waals surface area contributed by atoms with Gasteiger partial charge in [-0.2, -0.15) is 5.10 Å². The molecule has 0 saturated carbocycles. The van der Waals surface area contributed by atoms with Crippen molar-refractivity contribution in [3.8, 4) is 0 Å². The highest BCUT2D eigenvalue weighted by Crippen LogP contribution is 2.22. The van der Waals surface area contributed by atoms with Crippen LogP contribution in [0.4, 0.5) is 0 Å². The molecule has 1 aliphatic heterocycles. The summed E-state index contributed by atoms with van der Waals surface area (Å²) in [7, 11) is 0. The van der Waals surface area contributed by atoms with E-state index in [0.717, 1.165) is 37.2 Å². The van der Waals surface area contributed by atoms with Crippen molar-refractivity contribution >= 4 is 11.8 Å². The number of amides is 2. The molecule has 1 aliphatic rings. The van der Waals surface area contributed by atoms with Crippen molar-refractivity contribution in [2.45, 2.75) is 46.6 Å². The Kier molecular flexibility index (Phi) is 6.36. The Labute approximate surface area is 143 Å². The fraction of sp³-hybridized carbons (Fsp3) is 0.706. The number of nitrogens with zero attached hydrogens (tertiary/aromatic N) is 3. The third-order valence-electron chi connectivity index (χ3n) is 4.55. The number of rotatable bonds is 6. The first-order valence-corrected chi connectivity index (χ1v) is 8.80. The zero-order valence-corrected chi connectivity index (χ0v) is 15.0. The monoisotopic (exact) mass is 335 g/mol. The van der Waals surface area contributed by atoms with Gasteiger partial charge in [-0.25, -0.2) is 0 Å². The van der Waals surface area contributed by atoms with E-state index in [9.17, 15) is 9.59 Å². The molecule has 1 fully saturated rings. The lowest BCUT2D eigenvalue weighted by Crippen LogP contribution is -2.46. The number of piperidine rings is 1. The molecule has 0 radical (unpaired) electrons. The van der Waals surface area contributed by atoms with Crippen LogP contribution in [-0.4, -0.2) is 52.7 Å². The summed E-state index contributed by atoms with van der Waals surface area (Å²) in [5, 5.41) is 7.31. The Morgan fingerprint density at radius 2 is 2.12 bits per heavy atom. The number of carbonyl (C=O) groups excluding carboxylic acids is 2. The first-order valence-electron chi connectivity index (χ1n) is 8.80. The van der Waals surface area contributed by atoms with Crippen LogP contribution in [0.5, 0.6) is 0 Å². The van der Waals surface area contributed by atoms with E-state index in [2.05, 4.69) is 17.3 Å². The van der Waals surface area contributed by atoms with Gasteiger partial charge in [-0.15, -0.1) is 0 Å². The molecular weight excluding hydrogens is 306 g/mol. The van der Waals surface area contributed by atoms with E-state index in [1.54, 1.807) is 4.90 Å². The van der Waals surface area contributed by atoms with E-state index in [4.69, 9.17) is 5.73 Å². The van der Waals surface area contributed by atoms with Gasteiger partial charge in [0.05, 0.1) is 17.2 Å². The summed E-state index contributed by atoms with van der Waals surface area (Å²) in [6.45, 7) is 8.78. The number of aryl methyl sites for hydroxylation is 2. The predicted octanol–water partition coefficient (Wildman–Crippen LogP) is 0.837. The average Bonchev–Trinajstić information content (AvgIpc) is 2.86. The quantitative estimate of drug-likeness (QED) is 0.805. The molecular formula is C17H29N5O2. The fourth-order valence-corrected chi connectivity index (χ4v) is 3.31. The highest BCUT2D eigenvalue weighted by Gasteiger charge is 2.31. The Balaban J connectivity index is 2.11. The van der Waals surface area contributed by atoms with Crippen molar-refractivity contribution < 1.29 is 9.59 Å². The Bertz CT molecular complexity index is 596. The molecule has 0 bridgehead atoms. The van der Waals surface area contributed by atoms with Crippen molar-refractivity contribution in [2.24, 2.45) is 11.7 Å². The maximum atomic E-state index is 13.0. The van der Waals surface area contributed by atoms with E-state index in [1.807, 2.05) is 18.5 Å². The topological polar surface area (TPSA) is 93.2 Å². The van der Waals surface area contributed by atoms with Gasteiger partial charge < -0.3 is 16.0 Å². The number of nitrogens with one attached hydrogen (secondary N) is 1. The summed E-state index contributed by atoms with van der Waals surface area (Å²) >= 11 is 0. The molecule has 7 heteroatoms. The Hall–Kier alpha value is -1.89. The van der Waals surface area contributed by atoms with E-state index < -0.39 is 0 Å². The number of hydrogen-bond acceptors (Lipinski definition) is 4. The zero-order chi connectivity index (χ0) is 17.7. The molecule has 1 aromatic rings. The third kappa shape index (κ3) is 3.95. The molecule has 0 aliphatic carbocycles. The van der Waals surface area contributed by atoms with Gasteiger partial charge in [0.15, 0.2) is 0 Å². The van der Waals surface area contributed by atoms with Crippen LogP contribution in [-0.2, 0) is 11.3 Å². The van der Waals surface area contributed by atoms with Crippen LogP contribution in [0.25, 0.3) is 0 Å². The van der Waals surface area contributed by atoms with E-state index in [0.29, 0.717) is 31.7 Å². The Morgan fingerprint density at radius 3 is 2.79 bits per heavy atom. The van der Waals surface area contributed by atoms with Gasteiger partial charge in [0.2, 0.25) is 5.91 Å². The minimum Gasteiger partial charge on any atom is -0.355 e. The van der Waals surface area contributed by atoms with Crippen molar-refractivity contribution in [2.75, 3.05) is 26.2 Å². The maximum absolute atomic E-state index is 13.0. The normalized spacial score (nSPS) is 17.8. The second-order valence-corrected chi connectivity index (χ2v) is 6.44. The Morgan fingerprint density at radius 1 is 1.38 bits per heavy atom. The van der Waals surface area contributed by atoms with Crippen LogP contribution in [0.2, 0.25) is 0 Å². The standard InChI is InChI=1S/C17H29N5O2/c1-4-9-22-13(3)15(12(2)20-22)17(24)21-10-5-6-14(11-21)16(23)19-8-7-18/h14H,4-11,18H2,1-3H3,(H,19,23). The summed E-state index contributed by atoms with van der Waals surface area (Å²) in [6.07, 6.45) is 2.63. The lowest BCUT2D eigenvalue weighted by Gasteiger charge is -2.32.